The summed E-state index contributed by atoms with van der Waals surface area (Å²) >= 11 is 0. The Bertz CT molecular complexity index is 521. The number of aromatic nitrogens is 2. The molecule has 0 aliphatic carbocycles. The molecule has 0 aliphatic rings. The zero-order chi connectivity index (χ0) is 12.5. The van der Waals surface area contributed by atoms with Crippen LogP contribution in [0.25, 0.3) is 11.0 Å². The van der Waals surface area contributed by atoms with Crippen molar-refractivity contribution >= 4 is 17.0 Å². The van der Waals surface area contributed by atoms with Crippen molar-refractivity contribution in [3.8, 4) is 0 Å². The summed E-state index contributed by atoms with van der Waals surface area (Å²) < 4.78 is 18.3. The second-order valence-corrected chi connectivity index (χ2v) is 4.56. The van der Waals surface area contributed by atoms with Gasteiger partial charge in [-0.15, -0.1) is 0 Å². The zero-order valence-corrected chi connectivity index (χ0v) is 10.2. The Morgan fingerprint density at radius 3 is 2.94 bits per heavy atom. The minimum atomic E-state index is -0.274. The fourth-order valence-corrected chi connectivity index (χ4v) is 1.43. The second kappa shape index (κ2) is 4.33. The van der Waals surface area contributed by atoms with Crippen LogP contribution in [-0.2, 0) is 4.74 Å². The van der Waals surface area contributed by atoms with Crippen molar-refractivity contribution < 1.29 is 9.13 Å². The van der Waals surface area contributed by atoms with Crippen molar-refractivity contribution in [2.24, 2.45) is 0 Å². The van der Waals surface area contributed by atoms with E-state index in [9.17, 15) is 4.39 Å². The first-order chi connectivity index (χ1) is 8.00. The van der Waals surface area contributed by atoms with E-state index in [1.54, 1.807) is 13.2 Å². The molecule has 0 amide bonds. The Hall–Kier alpha value is -1.62. The molecule has 0 saturated heterocycles. The third-order valence-corrected chi connectivity index (χ3v) is 2.68. The van der Waals surface area contributed by atoms with Gasteiger partial charge in [-0.2, -0.15) is 0 Å². The summed E-state index contributed by atoms with van der Waals surface area (Å²) in [5, 5.41) is 3.13. The highest BCUT2D eigenvalue weighted by molar-refractivity contribution is 5.77. The molecule has 0 unspecified atom stereocenters. The number of ether oxygens (including phenoxy) is 1. The molecule has 92 valence electrons. The van der Waals surface area contributed by atoms with Gasteiger partial charge in [-0.3, -0.25) is 0 Å². The highest BCUT2D eigenvalue weighted by Crippen LogP contribution is 2.16. The van der Waals surface area contributed by atoms with Gasteiger partial charge in [0.1, 0.15) is 5.82 Å². The van der Waals surface area contributed by atoms with Crippen molar-refractivity contribution in [3.63, 3.8) is 0 Å². The fraction of sp³-hybridized carbons (Fsp3) is 0.417. The van der Waals surface area contributed by atoms with Crippen molar-refractivity contribution in [2.75, 3.05) is 19.0 Å². The van der Waals surface area contributed by atoms with Crippen LogP contribution in [-0.4, -0.2) is 29.2 Å². The predicted octanol–water partition coefficient (Wildman–Crippen LogP) is 2.54. The predicted molar refractivity (Wildman–Crippen MR) is 65.6 cm³/mol. The number of anilines is 1. The van der Waals surface area contributed by atoms with E-state index >= 15 is 0 Å². The highest BCUT2D eigenvalue weighted by atomic mass is 19.1. The summed E-state index contributed by atoms with van der Waals surface area (Å²) in [7, 11) is 1.66. The van der Waals surface area contributed by atoms with E-state index in [1.807, 2.05) is 13.8 Å². The molecule has 1 aromatic heterocycles. The van der Waals surface area contributed by atoms with Gasteiger partial charge in [0.25, 0.3) is 0 Å². The number of methoxy groups -OCH3 is 1. The topological polar surface area (TPSA) is 49.9 Å². The third-order valence-electron chi connectivity index (χ3n) is 2.68. The number of nitrogens with zero attached hydrogens (tertiary/aromatic N) is 1. The van der Waals surface area contributed by atoms with E-state index < -0.39 is 0 Å². The number of fused-ring (bicyclic) bond motifs is 1. The molecule has 2 N–H and O–H groups in total. The van der Waals surface area contributed by atoms with E-state index in [0.29, 0.717) is 18.0 Å². The Labute approximate surface area is 99.2 Å². The molecule has 0 saturated carbocycles. The number of H-pyrrole nitrogens is 1. The lowest BCUT2D eigenvalue weighted by Crippen LogP contribution is -2.32. The number of halogens is 1. The number of hydrogen-bond acceptors (Lipinski definition) is 3. The maximum absolute atomic E-state index is 13.0. The molecule has 1 aromatic carbocycles. The molecular formula is C12H16FN3O. The van der Waals surface area contributed by atoms with Crippen molar-refractivity contribution in [2.45, 2.75) is 19.4 Å². The Morgan fingerprint density at radius 2 is 2.24 bits per heavy atom. The van der Waals surface area contributed by atoms with Crippen molar-refractivity contribution in [3.05, 3.63) is 24.0 Å². The summed E-state index contributed by atoms with van der Waals surface area (Å²) in [5.41, 5.74) is 1.15. The van der Waals surface area contributed by atoms with Gasteiger partial charge >= 0.3 is 0 Å². The van der Waals surface area contributed by atoms with Gasteiger partial charge in [-0.05, 0) is 32.0 Å². The number of nitrogens with one attached hydrogen (secondary N) is 2. The van der Waals surface area contributed by atoms with Crippen molar-refractivity contribution in [1.29, 1.82) is 0 Å². The van der Waals surface area contributed by atoms with E-state index in [0.717, 1.165) is 5.52 Å². The largest absolute Gasteiger partial charge is 0.377 e. The molecule has 0 radical (unpaired) electrons. The van der Waals surface area contributed by atoms with E-state index in [1.165, 1.54) is 12.1 Å². The number of benzene rings is 1. The van der Waals surface area contributed by atoms with E-state index in [4.69, 9.17) is 4.74 Å². The van der Waals surface area contributed by atoms with Gasteiger partial charge in [0, 0.05) is 13.7 Å². The molecule has 17 heavy (non-hydrogen) atoms. The summed E-state index contributed by atoms with van der Waals surface area (Å²) in [6.45, 7) is 4.57. The molecule has 0 atom stereocenters. The number of hydrogen-bond donors (Lipinski definition) is 2. The monoisotopic (exact) mass is 237 g/mol. The Balaban J connectivity index is 2.15. The summed E-state index contributed by atoms with van der Waals surface area (Å²) in [6, 6.07) is 4.47. The molecule has 0 fully saturated rings. The first-order valence-electron chi connectivity index (χ1n) is 5.44. The lowest BCUT2D eigenvalue weighted by atomic mass is 10.1. The van der Waals surface area contributed by atoms with E-state index in [2.05, 4.69) is 15.3 Å². The first-order valence-corrected chi connectivity index (χ1v) is 5.44. The maximum atomic E-state index is 13.0. The van der Waals surface area contributed by atoms with E-state index in [-0.39, 0.29) is 11.4 Å². The summed E-state index contributed by atoms with van der Waals surface area (Å²) in [6.07, 6.45) is 0. The van der Waals surface area contributed by atoms with Crippen LogP contribution in [0.4, 0.5) is 10.3 Å². The van der Waals surface area contributed by atoms with Gasteiger partial charge in [0.05, 0.1) is 16.6 Å². The quantitative estimate of drug-likeness (QED) is 0.859. The fourth-order valence-electron chi connectivity index (χ4n) is 1.43. The minimum Gasteiger partial charge on any atom is -0.377 e. The maximum Gasteiger partial charge on any atom is 0.201 e. The molecule has 1 heterocycles. The smallest absolute Gasteiger partial charge is 0.201 e. The average Bonchev–Trinajstić information content (AvgIpc) is 2.68. The van der Waals surface area contributed by atoms with Gasteiger partial charge in [-0.1, -0.05) is 0 Å². The lowest BCUT2D eigenvalue weighted by molar-refractivity contribution is 0.0342. The van der Waals surface area contributed by atoms with Crippen molar-refractivity contribution in [1.82, 2.24) is 9.97 Å². The van der Waals surface area contributed by atoms with Crippen LogP contribution in [0.15, 0.2) is 18.2 Å². The molecule has 2 rings (SSSR count). The lowest BCUT2D eigenvalue weighted by Gasteiger charge is -2.22. The van der Waals surface area contributed by atoms with Gasteiger partial charge in [0.2, 0.25) is 5.95 Å². The zero-order valence-electron chi connectivity index (χ0n) is 10.2. The molecular weight excluding hydrogens is 221 g/mol. The van der Waals surface area contributed by atoms with Crippen LogP contribution in [0.5, 0.6) is 0 Å². The number of rotatable bonds is 4. The number of imidazole rings is 1. The Morgan fingerprint density at radius 1 is 1.47 bits per heavy atom. The molecule has 0 bridgehead atoms. The van der Waals surface area contributed by atoms with Crippen LogP contribution in [0.2, 0.25) is 0 Å². The SMILES string of the molecule is COC(C)(C)CNc1nc2ccc(F)cc2[nH]1. The minimum absolute atomic E-state index is 0.273. The van der Waals surface area contributed by atoms with Gasteiger partial charge in [0.15, 0.2) is 0 Å². The van der Waals surface area contributed by atoms with Crippen LogP contribution in [0.3, 0.4) is 0 Å². The first kappa shape index (κ1) is 11.9. The standard InChI is InChI=1S/C12H16FN3O/c1-12(2,17-3)7-14-11-15-9-5-4-8(13)6-10(9)16-11/h4-6H,7H2,1-3H3,(H2,14,15,16). The van der Waals surface area contributed by atoms with Crippen LogP contribution in [0.1, 0.15) is 13.8 Å². The van der Waals surface area contributed by atoms with Crippen LogP contribution in [0, 0.1) is 5.82 Å². The molecule has 0 spiro atoms. The Kier molecular flexibility index (Phi) is 3.02. The average molecular weight is 237 g/mol. The molecule has 0 aliphatic heterocycles. The summed E-state index contributed by atoms with van der Waals surface area (Å²) in [5.74, 6) is 0.348. The van der Waals surface area contributed by atoms with Crippen LogP contribution >= 0.6 is 0 Å². The second-order valence-electron chi connectivity index (χ2n) is 4.56. The molecule has 2 aromatic rings. The van der Waals surface area contributed by atoms with Gasteiger partial charge < -0.3 is 15.0 Å². The summed E-state index contributed by atoms with van der Waals surface area (Å²) in [4.78, 5) is 7.32. The third kappa shape index (κ3) is 2.74. The normalized spacial score (nSPS) is 12.0. The van der Waals surface area contributed by atoms with Crippen LogP contribution < -0.4 is 5.32 Å². The number of aromatic amines is 1. The molecule has 4 nitrogen and oxygen atoms in total. The molecule has 5 heteroatoms. The van der Waals surface area contributed by atoms with Gasteiger partial charge in [-0.25, -0.2) is 9.37 Å². The highest BCUT2D eigenvalue weighted by Gasteiger charge is 2.16.